The van der Waals surface area contributed by atoms with Gasteiger partial charge in [0.05, 0.1) is 12.2 Å². The van der Waals surface area contributed by atoms with E-state index in [1.54, 1.807) is 0 Å². The Hall–Kier alpha value is -4.36. The third-order valence-electron chi connectivity index (χ3n) is 4.47. The van der Waals surface area contributed by atoms with Crippen LogP contribution >= 0.6 is 0 Å². The zero-order valence-electron chi connectivity index (χ0n) is 20.6. The molecular formula is C22H26F2N8O4. The van der Waals surface area contributed by atoms with E-state index in [-0.39, 0.29) is 23.7 Å². The Kier molecular flexibility index (Phi) is 7.96. The number of aromatic nitrogens is 8. The molecule has 0 spiro atoms. The Bertz CT molecular complexity index is 1350. The highest BCUT2D eigenvalue weighted by Crippen LogP contribution is 2.24. The molecule has 4 aromatic rings. The van der Waals surface area contributed by atoms with Crippen LogP contribution in [0.3, 0.4) is 0 Å². The van der Waals surface area contributed by atoms with Gasteiger partial charge in [0.25, 0.3) is 0 Å². The first kappa shape index (κ1) is 26.2. The summed E-state index contributed by atoms with van der Waals surface area (Å²) < 4.78 is 41.7. The monoisotopic (exact) mass is 504 g/mol. The van der Waals surface area contributed by atoms with Gasteiger partial charge in [-0.3, -0.25) is 0 Å². The number of benzene rings is 2. The third-order valence-corrected chi connectivity index (χ3v) is 4.47. The summed E-state index contributed by atoms with van der Waals surface area (Å²) in [5.74, 6) is -0.363. The molecule has 2 heterocycles. The van der Waals surface area contributed by atoms with E-state index in [9.17, 15) is 18.4 Å². The van der Waals surface area contributed by atoms with Crippen LogP contribution in [0.4, 0.5) is 8.78 Å². The van der Waals surface area contributed by atoms with Gasteiger partial charge in [-0.15, -0.1) is 0 Å². The summed E-state index contributed by atoms with van der Waals surface area (Å²) in [6.45, 7) is 7.25. The van der Waals surface area contributed by atoms with E-state index in [4.69, 9.17) is 9.47 Å². The van der Waals surface area contributed by atoms with E-state index in [0.717, 1.165) is 18.7 Å². The standard InChI is InChI=1S/2C11H13FN4O2/c2*1-7(2)18-10-6-8(12)4-5-9(10)16-11(17)15(3)13-14-16/h2*4-7H,1-3H3. The molecule has 0 aliphatic carbocycles. The van der Waals surface area contributed by atoms with Crippen LogP contribution in [-0.2, 0) is 14.1 Å². The molecule has 2 aromatic carbocycles. The molecule has 0 N–H and O–H groups in total. The third kappa shape index (κ3) is 6.00. The molecule has 36 heavy (non-hydrogen) atoms. The minimum Gasteiger partial charge on any atom is -0.489 e. The minimum atomic E-state index is -0.439. The van der Waals surface area contributed by atoms with Crippen LogP contribution in [0.2, 0.25) is 0 Å². The van der Waals surface area contributed by atoms with E-state index >= 15 is 0 Å². The van der Waals surface area contributed by atoms with E-state index in [1.165, 1.54) is 50.5 Å². The molecule has 0 saturated carbocycles. The van der Waals surface area contributed by atoms with Crippen molar-refractivity contribution in [2.45, 2.75) is 39.9 Å². The van der Waals surface area contributed by atoms with Crippen molar-refractivity contribution in [2.24, 2.45) is 14.1 Å². The van der Waals surface area contributed by atoms with E-state index in [2.05, 4.69) is 20.9 Å². The lowest BCUT2D eigenvalue weighted by molar-refractivity contribution is 0.240. The summed E-state index contributed by atoms with van der Waals surface area (Å²) in [7, 11) is 2.97. The second-order valence-corrected chi connectivity index (χ2v) is 8.15. The fourth-order valence-corrected chi connectivity index (χ4v) is 2.95. The van der Waals surface area contributed by atoms with Crippen molar-refractivity contribution in [3.63, 3.8) is 0 Å². The topological polar surface area (TPSA) is 124 Å². The van der Waals surface area contributed by atoms with Gasteiger partial charge in [0.2, 0.25) is 0 Å². The van der Waals surface area contributed by atoms with Gasteiger partial charge in [0.15, 0.2) is 0 Å². The lowest BCUT2D eigenvalue weighted by Crippen LogP contribution is -2.23. The SMILES string of the molecule is CC(C)Oc1cc(F)ccc1-n1nnn(C)c1=O.CC(C)Oc1cc(F)ccc1-n1nnn(C)c1=O. The highest BCUT2D eigenvalue weighted by atomic mass is 19.1. The highest BCUT2D eigenvalue weighted by molar-refractivity contribution is 5.46. The van der Waals surface area contributed by atoms with Gasteiger partial charge in [0.1, 0.15) is 34.5 Å². The molecule has 0 atom stereocenters. The highest BCUT2D eigenvalue weighted by Gasteiger charge is 2.15. The Morgan fingerprint density at radius 2 is 1.03 bits per heavy atom. The number of hydrogen-bond acceptors (Lipinski definition) is 8. The summed E-state index contributed by atoms with van der Waals surface area (Å²) in [6, 6.07) is 7.78. The van der Waals surface area contributed by atoms with Crippen LogP contribution in [-0.4, -0.2) is 51.8 Å². The van der Waals surface area contributed by atoms with Crippen molar-refractivity contribution < 1.29 is 18.3 Å². The Morgan fingerprint density at radius 1 is 0.667 bits per heavy atom. The Morgan fingerprint density at radius 3 is 1.31 bits per heavy atom. The van der Waals surface area contributed by atoms with E-state index in [0.29, 0.717) is 11.4 Å². The largest absolute Gasteiger partial charge is 0.489 e. The van der Waals surface area contributed by atoms with Gasteiger partial charge in [-0.2, -0.15) is 18.7 Å². The molecule has 14 heteroatoms. The second kappa shape index (κ2) is 10.9. The summed E-state index contributed by atoms with van der Waals surface area (Å²) in [6.07, 6.45) is -0.282. The zero-order valence-corrected chi connectivity index (χ0v) is 20.6. The van der Waals surface area contributed by atoms with Crippen molar-refractivity contribution in [2.75, 3.05) is 0 Å². The first-order chi connectivity index (χ1) is 17.0. The first-order valence-corrected chi connectivity index (χ1v) is 10.9. The molecule has 12 nitrogen and oxygen atoms in total. The van der Waals surface area contributed by atoms with Crippen molar-refractivity contribution in [3.8, 4) is 22.9 Å². The minimum absolute atomic E-state index is 0.141. The number of ether oxygens (including phenoxy) is 2. The van der Waals surface area contributed by atoms with Crippen LogP contribution in [0.25, 0.3) is 11.4 Å². The Balaban J connectivity index is 0.000000201. The summed E-state index contributed by atoms with van der Waals surface area (Å²) in [5.41, 5.74) is -0.114. The molecule has 0 amide bonds. The van der Waals surface area contributed by atoms with Gasteiger partial charge >= 0.3 is 11.4 Å². The fraction of sp³-hybridized carbons (Fsp3) is 0.364. The maximum atomic E-state index is 13.2. The molecular weight excluding hydrogens is 478 g/mol. The molecule has 2 aromatic heterocycles. The number of nitrogens with zero attached hydrogens (tertiary/aromatic N) is 8. The van der Waals surface area contributed by atoms with E-state index in [1.807, 2.05) is 27.7 Å². The van der Waals surface area contributed by atoms with Crippen LogP contribution in [0, 0.1) is 11.6 Å². The Labute approximate surface area is 204 Å². The van der Waals surface area contributed by atoms with E-state index < -0.39 is 23.0 Å². The summed E-state index contributed by atoms with van der Waals surface area (Å²) in [4.78, 5) is 23.5. The predicted octanol–water partition coefficient (Wildman–Crippen LogP) is 1.78. The lowest BCUT2D eigenvalue weighted by Gasteiger charge is -2.13. The number of aryl methyl sites for hydroxylation is 2. The number of tetrazole rings is 2. The van der Waals surface area contributed by atoms with Gasteiger partial charge in [-0.1, -0.05) is 0 Å². The molecule has 0 fully saturated rings. The zero-order chi connectivity index (χ0) is 26.6. The lowest BCUT2D eigenvalue weighted by atomic mass is 10.3. The molecule has 0 radical (unpaired) electrons. The normalized spacial score (nSPS) is 10.9. The van der Waals surface area contributed by atoms with Gasteiger partial charge < -0.3 is 9.47 Å². The van der Waals surface area contributed by atoms with Crippen molar-refractivity contribution in [1.82, 2.24) is 39.6 Å². The molecule has 192 valence electrons. The van der Waals surface area contributed by atoms with Gasteiger partial charge in [-0.25, -0.2) is 18.4 Å². The van der Waals surface area contributed by atoms with Gasteiger partial charge in [0, 0.05) is 26.2 Å². The predicted molar refractivity (Wildman–Crippen MR) is 125 cm³/mol. The quantitative estimate of drug-likeness (QED) is 0.389. The smallest absolute Gasteiger partial charge is 0.368 e. The summed E-state index contributed by atoms with van der Waals surface area (Å²) in [5, 5.41) is 14.6. The van der Waals surface area contributed by atoms with Crippen LogP contribution in [0.1, 0.15) is 27.7 Å². The number of hydrogen-bond donors (Lipinski definition) is 0. The number of halogens is 2. The summed E-state index contributed by atoms with van der Waals surface area (Å²) >= 11 is 0. The second-order valence-electron chi connectivity index (χ2n) is 8.15. The van der Waals surface area contributed by atoms with Crippen LogP contribution < -0.4 is 20.9 Å². The molecule has 4 rings (SSSR count). The van der Waals surface area contributed by atoms with Crippen molar-refractivity contribution in [3.05, 3.63) is 69.0 Å². The maximum Gasteiger partial charge on any atom is 0.368 e. The molecule has 0 saturated heterocycles. The molecule has 0 bridgehead atoms. The average molecular weight is 504 g/mol. The molecule has 0 unspecified atom stereocenters. The van der Waals surface area contributed by atoms with Crippen LogP contribution in [0.15, 0.2) is 46.0 Å². The van der Waals surface area contributed by atoms with Crippen molar-refractivity contribution in [1.29, 1.82) is 0 Å². The fourth-order valence-electron chi connectivity index (χ4n) is 2.95. The van der Waals surface area contributed by atoms with Crippen molar-refractivity contribution >= 4 is 0 Å². The first-order valence-electron chi connectivity index (χ1n) is 10.9. The molecule has 0 aliphatic rings. The maximum absolute atomic E-state index is 13.2. The average Bonchev–Trinajstić information content (AvgIpc) is 3.30. The van der Waals surface area contributed by atoms with Crippen LogP contribution in [0.5, 0.6) is 11.5 Å². The number of rotatable bonds is 6. The molecule has 0 aliphatic heterocycles. The van der Waals surface area contributed by atoms with Gasteiger partial charge in [-0.05, 0) is 72.8 Å².